The number of nitrogens with zero attached hydrogens (tertiary/aromatic N) is 1. The predicted octanol–water partition coefficient (Wildman–Crippen LogP) is 1.89. The fourth-order valence-electron chi connectivity index (χ4n) is 1.58. The standard InChI is InChI=1S/C11H16ClNO4S2/c1-9(2)8-13(3)19(16,17)11-6-4-5-10(7-11)18(12,14)15/h4-7,9H,8H2,1-3H3. The second kappa shape index (κ2) is 5.78. The lowest BCUT2D eigenvalue weighted by molar-refractivity contribution is 0.417. The van der Waals surface area contributed by atoms with Crippen molar-refractivity contribution in [3.05, 3.63) is 24.3 Å². The zero-order valence-corrected chi connectivity index (χ0v) is 13.3. The zero-order chi connectivity index (χ0) is 14.8. The van der Waals surface area contributed by atoms with Crippen LogP contribution in [0.3, 0.4) is 0 Å². The summed E-state index contributed by atoms with van der Waals surface area (Å²) in [6.07, 6.45) is 0. The van der Waals surface area contributed by atoms with E-state index in [0.29, 0.717) is 6.54 Å². The van der Waals surface area contributed by atoms with Crippen LogP contribution in [-0.2, 0) is 19.1 Å². The van der Waals surface area contributed by atoms with Crippen molar-refractivity contribution in [2.45, 2.75) is 23.6 Å². The van der Waals surface area contributed by atoms with Crippen molar-refractivity contribution in [1.29, 1.82) is 0 Å². The minimum atomic E-state index is -3.95. The molecule has 0 N–H and O–H groups in total. The van der Waals surface area contributed by atoms with Crippen molar-refractivity contribution in [1.82, 2.24) is 4.31 Å². The predicted molar refractivity (Wildman–Crippen MR) is 74.1 cm³/mol. The Bertz CT molecular complexity index is 653. The monoisotopic (exact) mass is 325 g/mol. The van der Waals surface area contributed by atoms with E-state index in [2.05, 4.69) is 0 Å². The van der Waals surface area contributed by atoms with Crippen LogP contribution in [0.2, 0.25) is 0 Å². The van der Waals surface area contributed by atoms with Gasteiger partial charge in [-0.05, 0) is 24.1 Å². The molecule has 0 aliphatic rings. The minimum absolute atomic E-state index is 0.0858. The molecule has 0 saturated carbocycles. The second-order valence-corrected chi connectivity index (χ2v) is 9.20. The maximum absolute atomic E-state index is 12.2. The molecule has 0 aliphatic carbocycles. The van der Waals surface area contributed by atoms with Crippen molar-refractivity contribution in [3.63, 3.8) is 0 Å². The van der Waals surface area contributed by atoms with Gasteiger partial charge in [0.1, 0.15) is 0 Å². The summed E-state index contributed by atoms with van der Waals surface area (Å²) < 4.78 is 48.1. The number of rotatable bonds is 5. The van der Waals surface area contributed by atoms with Crippen LogP contribution >= 0.6 is 10.7 Å². The highest BCUT2D eigenvalue weighted by atomic mass is 35.7. The molecule has 0 radical (unpaired) electrons. The fraction of sp³-hybridized carbons (Fsp3) is 0.455. The van der Waals surface area contributed by atoms with Crippen LogP contribution in [0.25, 0.3) is 0 Å². The third-order valence-corrected chi connectivity index (χ3v) is 5.59. The summed E-state index contributed by atoms with van der Waals surface area (Å²) >= 11 is 0. The summed E-state index contributed by atoms with van der Waals surface area (Å²) in [7, 11) is -0.988. The third-order valence-electron chi connectivity index (χ3n) is 2.42. The number of sulfonamides is 1. The van der Waals surface area contributed by atoms with Crippen LogP contribution < -0.4 is 0 Å². The highest BCUT2D eigenvalue weighted by Crippen LogP contribution is 2.21. The maximum Gasteiger partial charge on any atom is 0.261 e. The number of hydrogen-bond donors (Lipinski definition) is 0. The van der Waals surface area contributed by atoms with Crippen LogP contribution in [0.15, 0.2) is 34.1 Å². The summed E-state index contributed by atoms with van der Waals surface area (Å²) in [6.45, 7) is 4.14. The SMILES string of the molecule is CC(C)CN(C)S(=O)(=O)c1cccc(S(=O)(=O)Cl)c1. The molecule has 1 aromatic carbocycles. The van der Waals surface area contributed by atoms with E-state index >= 15 is 0 Å². The smallest absolute Gasteiger partial charge is 0.207 e. The summed E-state index contributed by atoms with van der Waals surface area (Å²) in [5, 5.41) is 0. The zero-order valence-electron chi connectivity index (χ0n) is 10.9. The van der Waals surface area contributed by atoms with E-state index in [1.807, 2.05) is 13.8 Å². The second-order valence-electron chi connectivity index (χ2n) is 4.59. The van der Waals surface area contributed by atoms with Crippen molar-refractivity contribution >= 4 is 29.8 Å². The first-order valence-electron chi connectivity index (χ1n) is 5.56. The Balaban J connectivity index is 3.23. The van der Waals surface area contributed by atoms with Crippen molar-refractivity contribution in [3.8, 4) is 0 Å². The Kier molecular flexibility index (Phi) is 5.00. The van der Waals surface area contributed by atoms with Gasteiger partial charge in [-0.2, -0.15) is 0 Å². The van der Waals surface area contributed by atoms with Crippen LogP contribution in [0, 0.1) is 5.92 Å². The molecule has 0 aliphatic heterocycles. The fourth-order valence-corrected chi connectivity index (χ4v) is 3.83. The number of halogens is 1. The molecule has 0 bridgehead atoms. The molecule has 1 rings (SSSR count). The van der Waals surface area contributed by atoms with Crippen molar-refractivity contribution < 1.29 is 16.8 Å². The van der Waals surface area contributed by atoms with Gasteiger partial charge in [0.25, 0.3) is 9.05 Å². The van der Waals surface area contributed by atoms with E-state index in [-0.39, 0.29) is 15.7 Å². The molecule has 0 aromatic heterocycles. The normalized spacial score (nSPS) is 13.2. The van der Waals surface area contributed by atoms with Gasteiger partial charge < -0.3 is 0 Å². The Hall–Kier alpha value is -0.630. The van der Waals surface area contributed by atoms with Gasteiger partial charge in [-0.1, -0.05) is 19.9 Å². The quantitative estimate of drug-likeness (QED) is 0.775. The topological polar surface area (TPSA) is 71.5 Å². The van der Waals surface area contributed by atoms with Crippen LogP contribution in [-0.4, -0.2) is 34.7 Å². The van der Waals surface area contributed by atoms with Gasteiger partial charge in [-0.3, -0.25) is 0 Å². The molecule has 0 heterocycles. The van der Waals surface area contributed by atoms with Gasteiger partial charge in [0.05, 0.1) is 9.79 Å². The van der Waals surface area contributed by atoms with Gasteiger partial charge in [0.15, 0.2) is 0 Å². The average Bonchev–Trinajstić information content (AvgIpc) is 2.27. The van der Waals surface area contributed by atoms with Gasteiger partial charge in [0, 0.05) is 24.3 Å². The average molecular weight is 326 g/mol. The lowest BCUT2D eigenvalue weighted by Gasteiger charge is -2.19. The van der Waals surface area contributed by atoms with Gasteiger partial charge in [-0.15, -0.1) is 0 Å². The van der Waals surface area contributed by atoms with Gasteiger partial charge in [-0.25, -0.2) is 21.1 Å². The lowest BCUT2D eigenvalue weighted by atomic mass is 10.2. The first-order chi connectivity index (χ1) is 8.55. The number of benzene rings is 1. The van der Waals surface area contributed by atoms with E-state index in [9.17, 15) is 16.8 Å². The van der Waals surface area contributed by atoms with E-state index in [1.165, 1.54) is 29.6 Å². The lowest BCUT2D eigenvalue weighted by Crippen LogP contribution is -2.30. The third kappa shape index (κ3) is 4.17. The first-order valence-corrected chi connectivity index (χ1v) is 9.31. The first kappa shape index (κ1) is 16.4. The van der Waals surface area contributed by atoms with Crippen molar-refractivity contribution in [2.24, 2.45) is 5.92 Å². The Labute approximate surface area is 118 Å². The van der Waals surface area contributed by atoms with Crippen molar-refractivity contribution in [2.75, 3.05) is 13.6 Å². The maximum atomic E-state index is 12.2. The van der Waals surface area contributed by atoms with Gasteiger partial charge in [0.2, 0.25) is 10.0 Å². The summed E-state index contributed by atoms with van der Waals surface area (Å²) in [5.41, 5.74) is 0. The van der Waals surface area contributed by atoms with E-state index in [4.69, 9.17) is 10.7 Å². The molecule has 0 amide bonds. The number of hydrogen-bond acceptors (Lipinski definition) is 4. The Morgan fingerprint density at radius 1 is 1.16 bits per heavy atom. The molecule has 108 valence electrons. The molecule has 0 unspecified atom stereocenters. The molecule has 0 atom stereocenters. The molecule has 5 nitrogen and oxygen atoms in total. The van der Waals surface area contributed by atoms with Crippen LogP contribution in [0.5, 0.6) is 0 Å². The summed E-state index contributed by atoms with van der Waals surface area (Å²) in [4.78, 5) is -0.314. The Morgan fingerprint density at radius 3 is 2.16 bits per heavy atom. The Morgan fingerprint density at radius 2 is 1.68 bits per heavy atom. The summed E-state index contributed by atoms with van der Waals surface area (Å²) in [5.74, 6) is 0.166. The molecule has 0 spiro atoms. The molecule has 8 heteroatoms. The highest BCUT2D eigenvalue weighted by Gasteiger charge is 2.23. The van der Waals surface area contributed by atoms with E-state index < -0.39 is 19.1 Å². The molecule has 19 heavy (non-hydrogen) atoms. The molecule has 0 fully saturated rings. The van der Waals surface area contributed by atoms with Gasteiger partial charge >= 0.3 is 0 Å². The molecular weight excluding hydrogens is 310 g/mol. The largest absolute Gasteiger partial charge is 0.261 e. The molecule has 0 saturated heterocycles. The molecule has 1 aromatic rings. The van der Waals surface area contributed by atoms with Crippen LogP contribution in [0.1, 0.15) is 13.8 Å². The van der Waals surface area contributed by atoms with E-state index in [1.54, 1.807) is 0 Å². The molecular formula is C11H16ClNO4S2. The summed E-state index contributed by atoms with van der Waals surface area (Å²) in [6, 6.07) is 5.02. The highest BCUT2D eigenvalue weighted by molar-refractivity contribution is 8.13. The van der Waals surface area contributed by atoms with Crippen LogP contribution in [0.4, 0.5) is 0 Å². The van der Waals surface area contributed by atoms with E-state index in [0.717, 1.165) is 6.07 Å². The minimum Gasteiger partial charge on any atom is -0.207 e.